The van der Waals surface area contributed by atoms with Crippen molar-refractivity contribution < 1.29 is 14.0 Å². The zero-order valence-electron chi connectivity index (χ0n) is 13.1. The Hall–Kier alpha value is -2.96. The molecule has 0 radical (unpaired) electrons. The van der Waals surface area contributed by atoms with E-state index in [9.17, 15) is 0 Å². The molecule has 0 atom stereocenters. The summed E-state index contributed by atoms with van der Waals surface area (Å²) in [6.07, 6.45) is 5.94. The second-order valence-electron chi connectivity index (χ2n) is 5.18. The summed E-state index contributed by atoms with van der Waals surface area (Å²) in [4.78, 5) is 12.0. The van der Waals surface area contributed by atoms with Gasteiger partial charge >= 0.3 is 0 Å². The van der Waals surface area contributed by atoms with Crippen LogP contribution < -0.4 is 9.47 Å². The minimum Gasteiger partial charge on any atom is -0.496 e. The Morgan fingerprint density at radius 2 is 1.87 bits per heavy atom. The largest absolute Gasteiger partial charge is 0.496 e. The highest BCUT2D eigenvalue weighted by Gasteiger charge is 2.18. The SMILES string of the molecule is COc1cc(C(C)C)c(Oc2cncnc2)cc1-c1ncon1. The van der Waals surface area contributed by atoms with Crippen molar-refractivity contribution in [3.63, 3.8) is 0 Å². The topological polar surface area (TPSA) is 83.2 Å². The summed E-state index contributed by atoms with van der Waals surface area (Å²) < 4.78 is 16.2. The minimum atomic E-state index is 0.239. The van der Waals surface area contributed by atoms with Gasteiger partial charge in [-0.2, -0.15) is 4.98 Å². The minimum absolute atomic E-state index is 0.239. The molecule has 3 aromatic rings. The Morgan fingerprint density at radius 1 is 1.09 bits per heavy atom. The molecule has 2 heterocycles. The normalized spacial score (nSPS) is 10.8. The summed E-state index contributed by atoms with van der Waals surface area (Å²) in [6.45, 7) is 4.16. The molecule has 0 saturated heterocycles. The van der Waals surface area contributed by atoms with Crippen LogP contribution in [0.15, 0.2) is 41.8 Å². The lowest BCUT2D eigenvalue weighted by atomic mass is 9.99. The molecule has 0 aliphatic heterocycles. The average Bonchev–Trinajstić information content (AvgIpc) is 3.09. The van der Waals surface area contributed by atoms with Crippen LogP contribution in [-0.4, -0.2) is 27.2 Å². The van der Waals surface area contributed by atoms with Crippen molar-refractivity contribution >= 4 is 0 Å². The van der Waals surface area contributed by atoms with E-state index in [4.69, 9.17) is 14.0 Å². The molecule has 0 amide bonds. The number of ether oxygens (including phenoxy) is 2. The lowest BCUT2D eigenvalue weighted by Gasteiger charge is -2.17. The van der Waals surface area contributed by atoms with Crippen molar-refractivity contribution in [2.45, 2.75) is 19.8 Å². The van der Waals surface area contributed by atoms with E-state index in [2.05, 4.69) is 34.0 Å². The first-order valence-electron chi connectivity index (χ1n) is 7.10. The van der Waals surface area contributed by atoms with E-state index in [1.165, 1.54) is 12.7 Å². The van der Waals surface area contributed by atoms with Gasteiger partial charge in [0.2, 0.25) is 12.2 Å². The van der Waals surface area contributed by atoms with Gasteiger partial charge in [-0.25, -0.2) is 9.97 Å². The lowest BCUT2D eigenvalue weighted by Crippen LogP contribution is -1.99. The van der Waals surface area contributed by atoms with E-state index in [0.717, 1.165) is 5.56 Å². The van der Waals surface area contributed by atoms with Gasteiger partial charge in [0.05, 0.1) is 25.1 Å². The van der Waals surface area contributed by atoms with Crippen LogP contribution in [-0.2, 0) is 0 Å². The Kier molecular flexibility index (Phi) is 4.18. The van der Waals surface area contributed by atoms with Gasteiger partial charge in [-0.3, -0.25) is 0 Å². The molecular weight excluding hydrogens is 296 g/mol. The van der Waals surface area contributed by atoms with Crippen LogP contribution in [0.3, 0.4) is 0 Å². The zero-order valence-corrected chi connectivity index (χ0v) is 13.1. The molecule has 7 nitrogen and oxygen atoms in total. The first kappa shape index (κ1) is 15.0. The van der Waals surface area contributed by atoms with E-state index >= 15 is 0 Å². The molecule has 0 bridgehead atoms. The Bertz CT molecular complexity index is 774. The highest BCUT2D eigenvalue weighted by molar-refractivity contribution is 5.68. The molecule has 0 aliphatic carbocycles. The third kappa shape index (κ3) is 3.13. The van der Waals surface area contributed by atoms with Gasteiger partial charge in [0.1, 0.15) is 17.8 Å². The van der Waals surface area contributed by atoms with E-state index < -0.39 is 0 Å². The summed E-state index contributed by atoms with van der Waals surface area (Å²) in [6, 6.07) is 3.77. The summed E-state index contributed by atoms with van der Waals surface area (Å²) in [5, 5.41) is 3.87. The molecule has 7 heteroatoms. The van der Waals surface area contributed by atoms with Crippen LogP contribution >= 0.6 is 0 Å². The van der Waals surface area contributed by atoms with Crippen molar-refractivity contribution in [1.29, 1.82) is 0 Å². The molecule has 0 saturated carbocycles. The average molecular weight is 312 g/mol. The fourth-order valence-corrected chi connectivity index (χ4v) is 2.21. The number of nitrogens with zero attached hydrogens (tertiary/aromatic N) is 4. The third-order valence-corrected chi connectivity index (χ3v) is 3.32. The predicted octanol–water partition coefficient (Wildman–Crippen LogP) is 3.45. The smallest absolute Gasteiger partial charge is 0.214 e. The summed E-state index contributed by atoms with van der Waals surface area (Å²) in [7, 11) is 1.61. The van der Waals surface area contributed by atoms with Crippen LogP contribution in [0.25, 0.3) is 11.4 Å². The molecule has 3 rings (SSSR count). The molecule has 2 aromatic heterocycles. The maximum absolute atomic E-state index is 5.94. The Morgan fingerprint density at radius 3 is 2.48 bits per heavy atom. The fraction of sp³-hybridized carbons (Fsp3) is 0.250. The van der Waals surface area contributed by atoms with Gasteiger partial charge < -0.3 is 14.0 Å². The number of hydrogen-bond donors (Lipinski definition) is 0. The maximum atomic E-state index is 5.94. The van der Waals surface area contributed by atoms with Gasteiger partial charge in [0, 0.05) is 5.56 Å². The van der Waals surface area contributed by atoms with E-state index in [1.54, 1.807) is 19.5 Å². The van der Waals surface area contributed by atoms with E-state index in [1.807, 2.05) is 12.1 Å². The molecule has 0 fully saturated rings. The molecule has 0 N–H and O–H groups in total. The van der Waals surface area contributed by atoms with Crippen molar-refractivity contribution in [3.05, 3.63) is 42.8 Å². The Labute approximate surface area is 133 Å². The second-order valence-corrected chi connectivity index (χ2v) is 5.18. The molecule has 1 aromatic carbocycles. The van der Waals surface area contributed by atoms with Crippen LogP contribution in [0.5, 0.6) is 17.2 Å². The number of rotatable bonds is 5. The number of methoxy groups -OCH3 is 1. The van der Waals surface area contributed by atoms with Crippen LogP contribution in [0.1, 0.15) is 25.3 Å². The van der Waals surface area contributed by atoms with Gasteiger partial charge in [0.25, 0.3) is 0 Å². The molecule has 0 aliphatic rings. The first-order valence-corrected chi connectivity index (χ1v) is 7.10. The van der Waals surface area contributed by atoms with E-state index in [-0.39, 0.29) is 5.92 Å². The van der Waals surface area contributed by atoms with Crippen LogP contribution in [0.2, 0.25) is 0 Å². The summed E-state index contributed by atoms with van der Waals surface area (Å²) in [5.74, 6) is 2.56. The molecule has 118 valence electrons. The van der Waals surface area contributed by atoms with Gasteiger partial charge in [-0.15, -0.1) is 0 Å². The van der Waals surface area contributed by atoms with Gasteiger partial charge in [-0.05, 0) is 18.1 Å². The predicted molar refractivity (Wildman–Crippen MR) is 82.5 cm³/mol. The van der Waals surface area contributed by atoms with Gasteiger partial charge in [-0.1, -0.05) is 19.0 Å². The summed E-state index contributed by atoms with van der Waals surface area (Å²) >= 11 is 0. The molecule has 0 spiro atoms. The zero-order chi connectivity index (χ0) is 16.2. The number of benzene rings is 1. The fourth-order valence-electron chi connectivity index (χ4n) is 2.21. The molecule has 23 heavy (non-hydrogen) atoms. The quantitative estimate of drug-likeness (QED) is 0.713. The van der Waals surface area contributed by atoms with Crippen molar-refractivity contribution in [2.24, 2.45) is 0 Å². The standard InChI is InChI=1S/C16H16N4O3/c1-10(2)12-4-14(21-3)13(16-19-9-22-20-16)5-15(12)23-11-6-17-8-18-7-11/h4-10H,1-3H3. The third-order valence-electron chi connectivity index (χ3n) is 3.32. The van der Waals surface area contributed by atoms with Crippen LogP contribution in [0, 0.1) is 0 Å². The summed E-state index contributed by atoms with van der Waals surface area (Å²) in [5.41, 5.74) is 1.69. The monoisotopic (exact) mass is 312 g/mol. The van der Waals surface area contributed by atoms with Gasteiger partial charge in [0.15, 0.2) is 5.75 Å². The number of hydrogen-bond acceptors (Lipinski definition) is 7. The Balaban J connectivity index is 2.10. The molecule has 0 unspecified atom stereocenters. The highest BCUT2D eigenvalue weighted by atomic mass is 16.5. The highest BCUT2D eigenvalue weighted by Crippen LogP contribution is 2.39. The van der Waals surface area contributed by atoms with E-state index in [0.29, 0.717) is 28.6 Å². The molecular formula is C16H16N4O3. The van der Waals surface area contributed by atoms with Crippen molar-refractivity contribution in [3.8, 4) is 28.6 Å². The maximum Gasteiger partial charge on any atom is 0.214 e. The second kappa shape index (κ2) is 6.43. The van der Waals surface area contributed by atoms with Crippen molar-refractivity contribution in [2.75, 3.05) is 7.11 Å². The first-order chi connectivity index (χ1) is 11.2. The lowest BCUT2D eigenvalue weighted by molar-refractivity contribution is 0.407. The van der Waals surface area contributed by atoms with Crippen molar-refractivity contribution in [1.82, 2.24) is 20.1 Å². The van der Waals surface area contributed by atoms with Crippen LogP contribution in [0.4, 0.5) is 0 Å². The number of aromatic nitrogens is 4.